The van der Waals surface area contributed by atoms with Crippen LogP contribution in [0.3, 0.4) is 0 Å². The van der Waals surface area contributed by atoms with Crippen molar-refractivity contribution in [2.24, 2.45) is 0 Å². The third-order valence-corrected chi connectivity index (χ3v) is 7.11. The Morgan fingerprint density at radius 3 is 3.00 bits per heavy atom. The minimum atomic E-state index is -0.865. The van der Waals surface area contributed by atoms with E-state index in [0.29, 0.717) is 23.7 Å². The maximum atomic E-state index is 11.7. The van der Waals surface area contributed by atoms with Crippen LogP contribution >= 0.6 is 21.6 Å². The molecule has 1 saturated heterocycles. The van der Waals surface area contributed by atoms with Crippen LogP contribution < -0.4 is 14.2 Å². The average Bonchev–Trinajstić information content (AvgIpc) is 3.32. The van der Waals surface area contributed by atoms with Gasteiger partial charge in [0.25, 0.3) is 0 Å². The highest BCUT2D eigenvalue weighted by Gasteiger charge is 2.17. The summed E-state index contributed by atoms with van der Waals surface area (Å²) < 4.78 is 21.1. The van der Waals surface area contributed by atoms with E-state index in [-0.39, 0.29) is 26.0 Å². The summed E-state index contributed by atoms with van der Waals surface area (Å²) in [5.74, 6) is 2.85. The highest BCUT2D eigenvalue weighted by Crippen LogP contribution is 2.40. The van der Waals surface area contributed by atoms with Crippen LogP contribution in [0.1, 0.15) is 32.1 Å². The van der Waals surface area contributed by atoms with Crippen LogP contribution in [0.25, 0.3) is 0 Å². The number of unbranched alkanes of at least 4 members (excludes halogenated alkanes) is 1. The van der Waals surface area contributed by atoms with Gasteiger partial charge in [-0.2, -0.15) is 0 Å². The summed E-state index contributed by atoms with van der Waals surface area (Å²) >= 11 is 0. The van der Waals surface area contributed by atoms with Gasteiger partial charge in [-0.1, -0.05) is 28.0 Å². The van der Waals surface area contributed by atoms with Gasteiger partial charge in [-0.05, 0) is 31.4 Å². The Bertz CT molecular complexity index is 591. The smallest absolute Gasteiger partial charge is 0.305 e. The number of carbonyl (C=O) groups is 1. The first-order valence-electron chi connectivity index (χ1n) is 8.85. The van der Waals surface area contributed by atoms with Crippen LogP contribution in [0.2, 0.25) is 0 Å². The molecule has 2 aliphatic heterocycles. The van der Waals surface area contributed by atoms with Gasteiger partial charge in [0.1, 0.15) is 25.1 Å². The molecule has 0 saturated carbocycles. The van der Waals surface area contributed by atoms with Crippen LogP contribution in [0, 0.1) is 0 Å². The topological polar surface area (TPSA) is 74.2 Å². The first-order chi connectivity index (χ1) is 12.7. The summed E-state index contributed by atoms with van der Waals surface area (Å²) in [6, 6.07) is 5.21. The number of fused-ring (bicyclic) bond motifs is 1. The maximum Gasteiger partial charge on any atom is 0.305 e. The van der Waals surface area contributed by atoms with E-state index in [2.05, 4.69) is 0 Å². The second-order valence-corrected chi connectivity index (χ2v) is 9.03. The lowest BCUT2D eigenvalue weighted by Crippen LogP contribution is -2.25. The van der Waals surface area contributed by atoms with Gasteiger partial charge in [0.2, 0.25) is 6.79 Å². The van der Waals surface area contributed by atoms with Crippen molar-refractivity contribution in [3.05, 3.63) is 18.2 Å². The molecule has 8 heteroatoms. The number of aliphatic hydroxyl groups is 1. The molecule has 3 rings (SSSR count). The van der Waals surface area contributed by atoms with Gasteiger partial charge in [0, 0.05) is 23.5 Å². The van der Waals surface area contributed by atoms with Crippen LogP contribution in [0.15, 0.2) is 18.2 Å². The number of hydrogen-bond acceptors (Lipinski definition) is 8. The van der Waals surface area contributed by atoms with E-state index in [1.807, 2.05) is 21.6 Å². The van der Waals surface area contributed by atoms with Gasteiger partial charge in [-0.25, -0.2) is 0 Å². The molecule has 1 N–H and O–H groups in total. The second kappa shape index (κ2) is 10.2. The quantitative estimate of drug-likeness (QED) is 0.364. The van der Waals surface area contributed by atoms with Crippen molar-refractivity contribution in [2.75, 3.05) is 25.8 Å². The molecule has 1 unspecified atom stereocenters. The highest BCUT2D eigenvalue weighted by molar-refractivity contribution is 8.77. The molecule has 1 aromatic rings. The minimum Gasteiger partial charge on any atom is -0.491 e. The summed E-state index contributed by atoms with van der Waals surface area (Å²) in [5.41, 5.74) is 0. The fourth-order valence-corrected chi connectivity index (χ4v) is 5.70. The molecule has 1 aromatic carbocycles. The van der Waals surface area contributed by atoms with Gasteiger partial charge >= 0.3 is 5.97 Å². The largest absolute Gasteiger partial charge is 0.491 e. The number of rotatable bonds is 10. The molecule has 0 radical (unpaired) electrons. The lowest BCUT2D eigenvalue weighted by molar-refractivity contribution is -0.147. The average molecular weight is 401 g/mol. The summed E-state index contributed by atoms with van der Waals surface area (Å²) in [6.45, 7) is 0.192. The highest BCUT2D eigenvalue weighted by atomic mass is 33.1. The predicted molar refractivity (Wildman–Crippen MR) is 102 cm³/mol. The Balaban J connectivity index is 1.25. The zero-order valence-corrected chi connectivity index (χ0v) is 16.2. The molecule has 1 fully saturated rings. The van der Waals surface area contributed by atoms with E-state index in [1.165, 1.54) is 12.2 Å². The summed E-state index contributed by atoms with van der Waals surface area (Å²) in [6.07, 6.45) is 3.86. The van der Waals surface area contributed by atoms with E-state index in [0.717, 1.165) is 24.5 Å². The normalized spacial score (nSPS) is 19.3. The zero-order chi connectivity index (χ0) is 18.2. The Morgan fingerprint density at radius 2 is 2.15 bits per heavy atom. The second-order valence-electron chi connectivity index (χ2n) is 6.24. The lowest BCUT2D eigenvalue weighted by atomic mass is 10.1. The van der Waals surface area contributed by atoms with Crippen LogP contribution in [-0.4, -0.2) is 48.2 Å². The number of esters is 1. The van der Waals surface area contributed by atoms with E-state index >= 15 is 0 Å². The molecule has 0 spiro atoms. The van der Waals surface area contributed by atoms with Crippen molar-refractivity contribution in [1.29, 1.82) is 0 Å². The van der Waals surface area contributed by atoms with Gasteiger partial charge in [0.15, 0.2) is 11.5 Å². The van der Waals surface area contributed by atoms with Crippen LogP contribution in [0.4, 0.5) is 0 Å². The number of hydrogen-bond donors (Lipinski definition) is 1. The standard InChI is InChI=1S/C18H24O6S2/c19-13(10-21-14-5-6-16-17(9-14)24-12-23-16)11-22-18(20)4-2-1-3-15-7-8-25-26-15/h5-6,9,13,15,19H,1-4,7-8,10-12H2/t13?,15-/m1/s1. The molecule has 2 heterocycles. The molecule has 2 aliphatic rings. The Kier molecular flexibility index (Phi) is 7.64. The van der Waals surface area contributed by atoms with Crippen molar-refractivity contribution in [2.45, 2.75) is 43.5 Å². The molecule has 2 atom stereocenters. The molecule has 144 valence electrons. The number of benzene rings is 1. The van der Waals surface area contributed by atoms with Crippen LogP contribution in [-0.2, 0) is 9.53 Å². The minimum absolute atomic E-state index is 0.0451. The Hall–Kier alpha value is -1.25. The van der Waals surface area contributed by atoms with Gasteiger partial charge in [0.05, 0.1) is 0 Å². The fourth-order valence-electron chi connectivity index (χ4n) is 2.67. The van der Waals surface area contributed by atoms with Gasteiger partial charge in [-0.15, -0.1) is 0 Å². The van der Waals surface area contributed by atoms with Gasteiger partial charge in [-0.3, -0.25) is 4.79 Å². The van der Waals surface area contributed by atoms with Gasteiger partial charge < -0.3 is 24.1 Å². The number of carbonyl (C=O) groups excluding carboxylic acids is 1. The van der Waals surface area contributed by atoms with E-state index in [9.17, 15) is 9.90 Å². The maximum absolute atomic E-state index is 11.7. The van der Waals surface area contributed by atoms with E-state index in [4.69, 9.17) is 18.9 Å². The molecule has 0 aromatic heterocycles. The molecule has 0 bridgehead atoms. The molecular formula is C18H24O6S2. The molecule has 0 aliphatic carbocycles. The first-order valence-corrected chi connectivity index (χ1v) is 11.2. The number of aliphatic hydroxyl groups excluding tert-OH is 1. The van der Waals surface area contributed by atoms with E-state index in [1.54, 1.807) is 18.2 Å². The summed E-state index contributed by atoms with van der Waals surface area (Å²) in [7, 11) is 3.90. The molecule has 6 nitrogen and oxygen atoms in total. The Labute approximate surface area is 161 Å². The van der Waals surface area contributed by atoms with Crippen molar-refractivity contribution in [3.8, 4) is 17.2 Å². The molecule has 26 heavy (non-hydrogen) atoms. The fraction of sp³-hybridized carbons (Fsp3) is 0.611. The summed E-state index contributed by atoms with van der Waals surface area (Å²) in [5, 5.41) is 10.6. The van der Waals surface area contributed by atoms with Crippen molar-refractivity contribution in [1.82, 2.24) is 0 Å². The van der Waals surface area contributed by atoms with Crippen LogP contribution in [0.5, 0.6) is 17.2 Å². The number of ether oxygens (including phenoxy) is 4. The Morgan fingerprint density at radius 1 is 1.27 bits per heavy atom. The van der Waals surface area contributed by atoms with Crippen molar-refractivity contribution < 1.29 is 28.8 Å². The summed E-state index contributed by atoms with van der Waals surface area (Å²) in [4.78, 5) is 11.7. The molecule has 0 amide bonds. The zero-order valence-electron chi connectivity index (χ0n) is 14.6. The third-order valence-electron chi connectivity index (χ3n) is 4.11. The van der Waals surface area contributed by atoms with Crippen molar-refractivity contribution >= 4 is 27.6 Å². The molecular weight excluding hydrogens is 376 g/mol. The third kappa shape index (κ3) is 6.17. The lowest BCUT2D eigenvalue weighted by Gasteiger charge is -2.13. The van der Waals surface area contributed by atoms with Crippen molar-refractivity contribution in [3.63, 3.8) is 0 Å². The monoisotopic (exact) mass is 400 g/mol. The predicted octanol–water partition coefficient (Wildman–Crippen LogP) is 3.41. The van der Waals surface area contributed by atoms with E-state index < -0.39 is 6.10 Å². The first kappa shape index (κ1) is 19.5. The SMILES string of the molecule is O=C(CCCC[C@@H]1CCSS1)OCC(O)COc1ccc2c(c1)OCO2.